The molecule has 0 aliphatic rings. The highest BCUT2D eigenvalue weighted by atomic mass is 79.9. The number of methoxy groups -OCH3 is 1. The van der Waals surface area contributed by atoms with Crippen LogP contribution in [0.25, 0.3) is 6.08 Å². The third kappa shape index (κ3) is 6.31. The fourth-order valence-corrected chi connectivity index (χ4v) is 4.34. The molecule has 0 radical (unpaired) electrons. The molecule has 1 amide bonds. The van der Waals surface area contributed by atoms with Crippen molar-refractivity contribution in [2.45, 2.75) is 6.61 Å². The lowest BCUT2D eigenvalue weighted by Gasteiger charge is -2.12. The fraction of sp³-hybridized carbons (Fsp3) is 0.0800. The van der Waals surface area contributed by atoms with Gasteiger partial charge >= 0.3 is 5.97 Å². The molecule has 9 heteroatoms. The molecule has 0 unspecified atom stereocenters. The molecule has 6 nitrogen and oxygen atoms in total. The molecule has 1 N–H and O–H groups in total. The Morgan fingerprint density at radius 2 is 1.74 bits per heavy atom. The highest BCUT2D eigenvalue weighted by molar-refractivity contribution is 9.11. The monoisotopic (exact) mass is 586 g/mol. The minimum absolute atomic E-state index is 0.0275. The number of nitrogens with zero attached hydrogens (tertiary/aromatic N) is 1. The average molecular weight is 588 g/mol. The maximum absolute atomic E-state index is 13.8. The minimum atomic E-state index is -0.611. The van der Waals surface area contributed by atoms with Crippen molar-refractivity contribution in [3.63, 3.8) is 0 Å². The molecule has 0 heterocycles. The zero-order valence-electron chi connectivity index (χ0n) is 17.8. The van der Waals surface area contributed by atoms with Crippen LogP contribution in [0.3, 0.4) is 0 Å². The Morgan fingerprint density at radius 3 is 2.32 bits per heavy atom. The number of nitriles is 1. The van der Waals surface area contributed by atoms with E-state index in [0.29, 0.717) is 37.1 Å². The topological polar surface area (TPSA) is 88.4 Å². The van der Waals surface area contributed by atoms with Crippen molar-refractivity contribution in [3.8, 4) is 11.8 Å². The van der Waals surface area contributed by atoms with Crippen LogP contribution in [-0.4, -0.2) is 19.0 Å². The number of anilines is 1. The molecule has 0 atom stereocenters. The third-order valence-electron chi connectivity index (χ3n) is 4.59. The summed E-state index contributed by atoms with van der Waals surface area (Å²) in [6.45, 7) is 0.0275. The van der Waals surface area contributed by atoms with E-state index in [1.807, 2.05) is 6.07 Å². The second kappa shape index (κ2) is 11.6. The number of hydrogen-bond acceptors (Lipinski definition) is 5. The largest absolute Gasteiger partial charge is 0.486 e. The Morgan fingerprint density at radius 1 is 1.09 bits per heavy atom. The number of benzene rings is 3. The van der Waals surface area contributed by atoms with Crippen molar-refractivity contribution in [3.05, 3.63) is 97.7 Å². The molecule has 0 aliphatic carbocycles. The van der Waals surface area contributed by atoms with Crippen molar-refractivity contribution in [2.24, 2.45) is 0 Å². The van der Waals surface area contributed by atoms with Gasteiger partial charge in [-0.3, -0.25) is 4.79 Å². The summed E-state index contributed by atoms with van der Waals surface area (Å²) in [5, 5.41) is 12.1. The zero-order valence-corrected chi connectivity index (χ0v) is 20.9. The van der Waals surface area contributed by atoms with Gasteiger partial charge in [0, 0.05) is 11.3 Å². The third-order valence-corrected chi connectivity index (χ3v) is 5.77. The Hall–Kier alpha value is -3.48. The standard InChI is InChI=1S/C25H17Br2FN2O4/c1-33-25(32)16-6-8-19(9-7-16)30-24(31)18(13-29)10-15-11-20(26)23(21(27)12-15)34-14-17-4-2-3-5-22(17)28/h2-12H,14H2,1H3,(H,30,31)/b18-10+. The molecule has 0 aliphatic heterocycles. The number of ether oxygens (including phenoxy) is 2. The molecule has 0 saturated carbocycles. The van der Waals surface area contributed by atoms with Crippen LogP contribution in [0.15, 0.2) is 75.2 Å². The molecule has 0 aromatic heterocycles. The van der Waals surface area contributed by atoms with Crippen LogP contribution in [0.1, 0.15) is 21.5 Å². The highest BCUT2D eigenvalue weighted by Crippen LogP contribution is 2.36. The van der Waals surface area contributed by atoms with Gasteiger partial charge in [-0.05, 0) is 86.0 Å². The Labute approximate surface area is 212 Å². The van der Waals surface area contributed by atoms with Crippen LogP contribution in [0.4, 0.5) is 10.1 Å². The predicted molar refractivity (Wildman–Crippen MR) is 133 cm³/mol. The van der Waals surface area contributed by atoms with Crippen LogP contribution in [0, 0.1) is 17.1 Å². The average Bonchev–Trinajstić information content (AvgIpc) is 2.83. The number of halogens is 3. The van der Waals surface area contributed by atoms with Crippen molar-refractivity contribution in [1.82, 2.24) is 0 Å². The summed E-state index contributed by atoms with van der Waals surface area (Å²) in [4.78, 5) is 24.1. The Bertz CT molecular complexity index is 1280. The van der Waals surface area contributed by atoms with Crippen LogP contribution in [-0.2, 0) is 16.1 Å². The van der Waals surface area contributed by atoms with Crippen LogP contribution in [0.2, 0.25) is 0 Å². The number of rotatable bonds is 7. The summed E-state index contributed by atoms with van der Waals surface area (Å²) >= 11 is 6.84. The molecular weight excluding hydrogens is 571 g/mol. The minimum Gasteiger partial charge on any atom is -0.486 e. The second-order valence-corrected chi connectivity index (χ2v) is 8.60. The molecule has 0 spiro atoms. The molecule has 0 bridgehead atoms. The summed E-state index contributed by atoms with van der Waals surface area (Å²) in [7, 11) is 1.28. The summed E-state index contributed by atoms with van der Waals surface area (Å²) < 4.78 is 25.3. The summed E-state index contributed by atoms with van der Waals surface area (Å²) in [6, 6.07) is 17.6. The lowest BCUT2D eigenvalue weighted by molar-refractivity contribution is -0.112. The van der Waals surface area contributed by atoms with Gasteiger partial charge in [-0.1, -0.05) is 18.2 Å². The molecule has 3 aromatic carbocycles. The normalized spacial score (nSPS) is 10.9. The van der Waals surface area contributed by atoms with Gasteiger partial charge in [-0.2, -0.15) is 5.26 Å². The van der Waals surface area contributed by atoms with Gasteiger partial charge in [-0.15, -0.1) is 0 Å². The molecule has 3 aromatic rings. The van der Waals surface area contributed by atoms with Gasteiger partial charge in [0.25, 0.3) is 5.91 Å². The summed E-state index contributed by atoms with van der Waals surface area (Å²) in [6.07, 6.45) is 1.42. The first-order valence-corrected chi connectivity index (χ1v) is 11.4. The van der Waals surface area contributed by atoms with E-state index >= 15 is 0 Å². The van der Waals surface area contributed by atoms with Gasteiger partial charge in [-0.25, -0.2) is 9.18 Å². The van der Waals surface area contributed by atoms with E-state index in [1.54, 1.807) is 30.3 Å². The number of esters is 1. The highest BCUT2D eigenvalue weighted by Gasteiger charge is 2.14. The fourth-order valence-electron chi connectivity index (χ4n) is 2.89. The van der Waals surface area contributed by atoms with E-state index in [4.69, 9.17) is 4.74 Å². The van der Waals surface area contributed by atoms with E-state index in [0.717, 1.165) is 0 Å². The van der Waals surface area contributed by atoms with Crippen molar-refractivity contribution in [1.29, 1.82) is 5.26 Å². The van der Waals surface area contributed by atoms with Gasteiger partial charge in [0.05, 0.1) is 21.6 Å². The number of nitrogens with one attached hydrogen (secondary N) is 1. The quantitative estimate of drug-likeness (QED) is 0.200. The van der Waals surface area contributed by atoms with E-state index < -0.39 is 11.9 Å². The van der Waals surface area contributed by atoms with Gasteiger partial charge < -0.3 is 14.8 Å². The lowest BCUT2D eigenvalue weighted by atomic mass is 10.1. The van der Waals surface area contributed by atoms with Crippen LogP contribution in [0.5, 0.6) is 5.75 Å². The van der Waals surface area contributed by atoms with E-state index in [1.165, 1.54) is 43.5 Å². The van der Waals surface area contributed by atoms with Crippen molar-refractivity contribution >= 4 is 55.5 Å². The maximum Gasteiger partial charge on any atom is 0.337 e. The lowest BCUT2D eigenvalue weighted by Crippen LogP contribution is -2.13. The van der Waals surface area contributed by atoms with Crippen molar-refractivity contribution < 1.29 is 23.5 Å². The molecule has 3 rings (SSSR count). The number of hydrogen-bond donors (Lipinski definition) is 1. The molecule has 0 fully saturated rings. The number of carbonyl (C=O) groups is 2. The zero-order chi connectivity index (χ0) is 24.7. The summed E-state index contributed by atoms with van der Waals surface area (Å²) in [5.74, 6) is -1.01. The number of amides is 1. The van der Waals surface area contributed by atoms with Crippen molar-refractivity contribution in [2.75, 3.05) is 12.4 Å². The maximum atomic E-state index is 13.8. The Balaban J connectivity index is 1.75. The number of carbonyl (C=O) groups excluding carboxylic acids is 2. The van der Waals surface area contributed by atoms with E-state index in [9.17, 15) is 19.2 Å². The Kier molecular flexibility index (Phi) is 8.57. The first kappa shape index (κ1) is 25.1. The molecular formula is C25H17Br2FN2O4. The van der Waals surface area contributed by atoms with Gasteiger partial charge in [0.15, 0.2) is 0 Å². The smallest absolute Gasteiger partial charge is 0.337 e. The predicted octanol–water partition coefficient (Wildman–Crippen LogP) is 6.26. The molecule has 172 valence electrons. The summed E-state index contributed by atoms with van der Waals surface area (Å²) in [5.41, 5.74) is 1.59. The first-order valence-electron chi connectivity index (χ1n) is 9.79. The van der Waals surface area contributed by atoms with Crippen LogP contribution >= 0.6 is 31.9 Å². The molecule has 34 heavy (non-hydrogen) atoms. The van der Waals surface area contributed by atoms with Crippen LogP contribution < -0.4 is 10.1 Å². The van der Waals surface area contributed by atoms with E-state index in [2.05, 4.69) is 41.9 Å². The van der Waals surface area contributed by atoms with E-state index in [-0.39, 0.29) is 18.0 Å². The first-order chi connectivity index (χ1) is 16.3. The van der Waals surface area contributed by atoms with Gasteiger partial charge in [0.2, 0.25) is 0 Å². The second-order valence-electron chi connectivity index (χ2n) is 6.89. The van der Waals surface area contributed by atoms with Gasteiger partial charge in [0.1, 0.15) is 29.8 Å². The SMILES string of the molecule is COC(=O)c1ccc(NC(=O)/C(C#N)=C/c2cc(Br)c(OCc3ccccc3F)c(Br)c2)cc1. The molecule has 0 saturated heterocycles.